The number of hydrogen-bond acceptors (Lipinski definition) is 3. The van der Waals surface area contributed by atoms with Crippen LogP contribution >= 0.6 is 0 Å². The molecular weight excluding hydrogens is 212 g/mol. The quantitative estimate of drug-likeness (QED) is 0.869. The van der Waals surface area contributed by atoms with Crippen molar-refractivity contribution in [1.29, 1.82) is 0 Å². The largest absolute Gasteiger partial charge is 0.381 e. The Hall–Kier alpha value is -1.09. The van der Waals surface area contributed by atoms with Gasteiger partial charge < -0.3 is 10.1 Å². The van der Waals surface area contributed by atoms with Crippen molar-refractivity contribution < 1.29 is 4.74 Å². The van der Waals surface area contributed by atoms with Crippen molar-refractivity contribution in [2.24, 2.45) is 5.92 Å². The molecule has 92 valence electrons. The highest BCUT2D eigenvalue weighted by Gasteiger charge is 2.15. The Labute approximate surface area is 103 Å². The summed E-state index contributed by atoms with van der Waals surface area (Å²) in [5.74, 6) is 1.80. The van der Waals surface area contributed by atoms with Gasteiger partial charge in [-0.25, -0.2) is 4.98 Å². The van der Waals surface area contributed by atoms with Gasteiger partial charge in [-0.1, -0.05) is 6.07 Å². The molecule has 0 amide bonds. The number of rotatable bonds is 3. The summed E-state index contributed by atoms with van der Waals surface area (Å²) in [4.78, 5) is 4.70. The molecule has 1 aromatic heterocycles. The molecule has 3 heteroatoms. The van der Waals surface area contributed by atoms with Gasteiger partial charge in [0.15, 0.2) is 0 Å². The third kappa shape index (κ3) is 2.60. The van der Waals surface area contributed by atoms with E-state index in [1.54, 1.807) is 0 Å². The minimum Gasteiger partial charge on any atom is -0.381 e. The summed E-state index contributed by atoms with van der Waals surface area (Å²) in [7, 11) is 0. The van der Waals surface area contributed by atoms with Crippen LogP contribution in [0, 0.1) is 5.92 Å². The number of anilines is 1. The predicted octanol–water partition coefficient (Wildman–Crippen LogP) is 2.41. The van der Waals surface area contributed by atoms with Crippen LogP contribution in [-0.2, 0) is 17.6 Å². The molecule has 0 aromatic carbocycles. The highest BCUT2D eigenvalue weighted by Crippen LogP contribution is 2.22. The molecule has 17 heavy (non-hydrogen) atoms. The Bertz CT molecular complexity index is 386. The normalized spacial score (nSPS) is 20.2. The first-order chi connectivity index (χ1) is 8.42. The molecule has 0 atom stereocenters. The third-order valence-corrected chi connectivity index (χ3v) is 3.84. The minimum atomic E-state index is 0.749. The molecule has 1 aliphatic carbocycles. The fraction of sp³-hybridized carbons (Fsp3) is 0.643. The third-order valence-electron chi connectivity index (χ3n) is 3.84. The second kappa shape index (κ2) is 5.05. The molecular formula is C14H20N2O. The lowest BCUT2D eigenvalue weighted by Gasteiger charge is -2.22. The monoisotopic (exact) mass is 232 g/mol. The molecule has 0 saturated carbocycles. The van der Waals surface area contributed by atoms with Crippen LogP contribution in [0.15, 0.2) is 12.1 Å². The van der Waals surface area contributed by atoms with Gasteiger partial charge in [-0.05, 0) is 49.7 Å². The van der Waals surface area contributed by atoms with Gasteiger partial charge in [-0.3, -0.25) is 0 Å². The van der Waals surface area contributed by atoms with Crippen LogP contribution in [0.5, 0.6) is 0 Å². The summed E-state index contributed by atoms with van der Waals surface area (Å²) in [6.07, 6.45) is 5.99. The standard InChI is InChI=1S/C14H20N2O/c1-2-12-4-5-14(16-13(12)3-1)15-10-11-6-8-17-9-7-11/h4-5,11H,1-3,6-10H2,(H,15,16). The molecule has 3 rings (SSSR count). The maximum absolute atomic E-state index is 5.37. The van der Waals surface area contributed by atoms with E-state index in [4.69, 9.17) is 9.72 Å². The number of hydrogen-bond donors (Lipinski definition) is 1. The number of nitrogens with zero attached hydrogens (tertiary/aromatic N) is 1. The predicted molar refractivity (Wildman–Crippen MR) is 68.3 cm³/mol. The average molecular weight is 232 g/mol. The van der Waals surface area contributed by atoms with Crippen LogP contribution in [0.2, 0.25) is 0 Å². The molecule has 0 radical (unpaired) electrons. The van der Waals surface area contributed by atoms with Crippen molar-refractivity contribution in [3.05, 3.63) is 23.4 Å². The molecule has 0 spiro atoms. The van der Waals surface area contributed by atoms with Gasteiger partial charge in [0.05, 0.1) is 0 Å². The number of ether oxygens (including phenoxy) is 1. The number of aromatic nitrogens is 1. The van der Waals surface area contributed by atoms with E-state index >= 15 is 0 Å². The lowest BCUT2D eigenvalue weighted by molar-refractivity contribution is 0.0699. The van der Waals surface area contributed by atoms with Crippen molar-refractivity contribution in [3.8, 4) is 0 Å². The van der Waals surface area contributed by atoms with E-state index in [-0.39, 0.29) is 0 Å². The first kappa shape index (κ1) is 11.0. The molecule has 2 heterocycles. The van der Waals surface area contributed by atoms with E-state index in [9.17, 15) is 0 Å². The van der Waals surface area contributed by atoms with E-state index in [1.165, 1.54) is 36.9 Å². The molecule has 1 fully saturated rings. The van der Waals surface area contributed by atoms with Crippen molar-refractivity contribution in [2.75, 3.05) is 25.1 Å². The average Bonchev–Trinajstić information content (AvgIpc) is 2.85. The van der Waals surface area contributed by atoms with Crippen molar-refractivity contribution in [3.63, 3.8) is 0 Å². The van der Waals surface area contributed by atoms with Gasteiger partial charge in [-0.15, -0.1) is 0 Å². The van der Waals surface area contributed by atoms with Crippen molar-refractivity contribution in [1.82, 2.24) is 4.98 Å². The van der Waals surface area contributed by atoms with Gasteiger partial charge >= 0.3 is 0 Å². The van der Waals surface area contributed by atoms with Crippen molar-refractivity contribution >= 4 is 5.82 Å². The molecule has 1 saturated heterocycles. The van der Waals surface area contributed by atoms with Crippen LogP contribution in [0.1, 0.15) is 30.5 Å². The Morgan fingerprint density at radius 2 is 2.12 bits per heavy atom. The molecule has 1 aromatic rings. The van der Waals surface area contributed by atoms with Gasteiger partial charge in [0.2, 0.25) is 0 Å². The topological polar surface area (TPSA) is 34.2 Å². The number of fused-ring (bicyclic) bond motifs is 1. The Kier molecular flexibility index (Phi) is 3.27. The highest BCUT2D eigenvalue weighted by atomic mass is 16.5. The molecule has 3 nitrogen and oxygen atoms in total. The van der Waals surface area contributed by atoms with E-state index in [2.05, 4.69) is 17.4 Å². The van der Waals surface area contributed by atoms with Crippen LogP contribution in [0.3, 0.4) is 0 Å². The maximum atomic E-state index is 5.37. The number of aryl methyl sites for hydroxylation is 2. The Morgan fingerprint density at radius 3 is 3.00 bits per heavy atom. The molecule has 0 bridgehead atoms. The fourth-order valence-corrected chi connectivity index (χ4v) is 2.72. The summed E-state index contributed by atoms with van der Waals surface area (Å²) in [5.41, 5.74) is 2.75. The zero-order valence-electron chi connectivity index (χ0n) is 10.2. The van der Waals surface area contributed by atoms with Gasteiger partial charge in [0, 0.05) is 25.5 Å². The summed E-state index contributed by atoms with van der Waals surface area (Å²) < 4.78 is 5.37. The first-order valence-corrected chi connectivity index (χ1v) is 6.72. The minimum absolute atomic E-state index is 0.749. The van der Waals surface area contributed by atoms with E-state index in [1.807, 2.05) is 0 Å². The highest BCUT2D eigenvalue weighted by molar-refractivity contribution is 5.40. The van der Waals surface area contributed by atoms with Gasteiger partial charge in [0.1, 0.15) is 5.82 Å². The second-order valence-electron chi connectivity index (χ2n) is 5.09. The van der Waals surface area contributed by atoms with Gasteiger partial charge in [-0.2, -0.15) is 0 Å². The van der Waals surface area contributed by atoms with Crippen LogP contribution in [0.4, 0.5) is 5.82 Å². The Balaban J connectivity index is 1.57. The maximum Gasteiger partial charge on any atom is 0.126 e. The zero-order chi connectivity index (χ0) is 11.5. The van der Waals surface area contributed by atoms with E-state index in [0.29, 0.717) is 0 Å². The van der Waals surface area contributed by atoms with E-state index in [0.717, 1.165) is 37.9 Å². The van der Waals surface area contributed by atoms with Crippen LogP contribution < -0.4 is 5.32 Å². The Morgan fingerprint density at radius 1 is 1.24 bits per heavy atom. The molecule has 2 aliphatic rings. The summed E-state index contributed by atoms with van der Waals surface area (Å²) in [5, 5.41) is 3.48. The summed E-state index contributed by atoms with van der Waals surface area (Å²) in [6.45, 7) is 2.88. The number of pyridine rings is 1. The van der Waals surface area contributed by atoms with Crippen LogP contribution in [-0.4, -0.2) is 24.7 Å². The lowest BCUT2D eigenvalue weighted by Crippen LogP contribution is -2.23. The molecule has 0 unspecified atom stereocenters. The lowest BCUT2D eigenvalue weighted by atomic mass is 10.0. The summed E-state index contributed by atoms with van der Waals surface area (Å²) in [6, 6.07) is 4.37. The smallest absolute Gasteiger partial charge is 0.126 e. The van der Waals surface area contributed by atoms with Gasteiger partial charge in [0.25, 0.3) is 0 Å². The SMILES string of the molecule is c1cc2c(nc1NCC1CCOCC1)CCC2. The van der Waals surface area contributed by atoms with Crippen molar-refractivity contribution in [2.45, 2.75) is 32.1 Å². The second-order valence-corrected chi connectivity index (χ2v) is 5.09. The summed E-state index contributed by atoms with van der Waals surface area (Å²) >= 11 is 0. The fourth-order valence-electron chi connectivity index (χ4n) is 2.72. The molecule has 1 aliphatic heterocycles. The first-order valence-electron chi connectivity index (χ1n) is 6.72. The van der Waals surface area contributed by atoms with E-state index < -0.39 is 0 Å². The zero-order valence-corrected chi connectivity index (χ0v) is 10.2. The number of nitrogens with one attached hydrogen (secondary N) is 1. The van der Waals surface area contributed by atoms with Crippen LogP contribution in [0.25, 0.3) is 0 Å². The molecule has 1 N–H and O–H groups in total.